The van der Waals surface area contributed by atoms with Gasteiger partial charge in [-0.2, -0.15) is 0 Å². The highest BCUT2D eigenvalue weighted by molar-refractivity contribution is 6.02. The first-order valence-electron chi connectivity index (χ1n) is 7.45. The van der Waals surface area contributed by atoms with Crippen molar-refractivity contribution in [1.82, 2.24) is 5.32 Å². The summed E-state index contributed by atoms with van der Waals surface area (Å²) in [7, 11) is 1.57. The summed E-state index contributed by atoms with van der Waals surface area (Å²) in [6.45, 7) is 0. The average Bonchev–Trinajstić information content (AvgIpc) is 2.61. The Hall–Kier alpha value is -3.61. The SMILES string of the molecule is CNC(=O)c1ccc(/C=C/C(=O)Nc2ccc(NC(N)=O)cc2)cc1. The van der Waals surface area contributed by atoms with Crippen LogP contribution in [0.15, 0.2) is 54.6 Å². The van der Waals surface area contributed by atoms with Gasteiger partial charge in [0.2, 0.25) is 5.91 Å². The van der Waals surface area contributed by atoms with Gasteiger partial charge in [0.15, 0.2) is 0 Å². The highest BCUT2D eigenvalue weighted by Gasteiger charge is 2.02. The molecule has 25 heavy (non-hydrogen) atoms. The molecule has 0 aromatic heterocycles. The predicted molar refractivity (Wildman–Crippen MR) is 97.1 cm³/mol. The van der Waals surface area contributed by atoms with Crippen molar-refractivity contribution >= 4 is 35.3 Å². The molecule has 0 bridgehead atoms. The molecule has 0 fully saturated rings. The van der Waals surface area contributed by atoms with Crippen LogP contribution in [0.2, 0.25) is 0 Å². The van der Waals surface area contributed by atoms with Gasteiger partial charge < -0.3 is 21.7 Å². The van der Waals surface area contributed by atoms with Crippen LogP contribution >= 0.6 is 0 Å². The van der Waals surface area contributed by atoms with E-state index in [1.165, 1.54) is 6.08 Å². The fourth-order valence-electron chi connectivity index (χ4n) is 2.02. The van der Waals surface area contributed by atoms with Crippen molar-refractivity contribution in [1.29, 1.82) is 0 Å². The lowest BCUT2D eigenvalue weighted by atomic mass is 10.1. The molecule has 5 N–H and O–H groups in total. The molecule has 0 saturated carbocycles. The quantitative estimate of drug-likeness (QED) is 0.627. The van der Waals surface area contributed by atoms with Crippen LogP contribution in [-0.4, -0.2) is 24.9 Å². The second kappa shape index (κ2) is 8.30. The van der Waals surface area contributed by atoms with Crippen molar-refractivity contribution < 1.29 is 14.4 Å². The van der Waals surface area contributed by atoms with Gasteiger partial charge in [-0.3, -0.25) is 9.59 Å². The number of nitrogens with two attached hydrogens (primary N) is 1. The minimum absolute atomic E-state index is 0.164. The van der Waals surface area contributed by atoms with Crippen LogP contribution in [0.3, 0.4) is 0 Å². The first-order chi connectivity index (χ1) is 12.0. The van der Waals surface area contributed by atoms with E-state index in [0.717, 1.165) is 5.56 Å². The summed E-state index contributed by atoms with van der Waals surface area (Å²) < 4.78 is 0. The Bertz CT molecular complexity index is 796. The molecule has 0 unspecified atom stereocenters. The van der Waals surface area contributed by atoms with Crippen molar-refractivity contribution in [3.8, 4) is 0 Å². The largest absolute Gasteiger partial charge is 0.355 e. The maximum atomic E-state index is 11.9. The predicted octanol–water partition coefficient (Wildman–Crippen LogP) is 2.19. The van der Waals surface area contributed by atoms with E-state index in [2.05, 4.69) is 16.0 Å². The zero-order chi connectivity index (χ0) is 18.2. The van der Waals surface area contributed by atoms with E-state index in [9.17, 15) is 14.4 Å². The normalized spacial score (nSPS) is 10.3. The lowest BCUT2D eigenvalue weighted by molar-refractivity contribution is -0.111. The summed E-state index contributed by atoms with van der Waals surface area (Å²) >= 11 is 0. The number of carbonyl (C=O) groups excluding carboxylic acids is 3. The van der Waals surface area contributed by atoms with E-state index in [-0.39, 0.29) is 11.8 Å². The Morgan fingerprint density at radius 2 is 1.44 bits per heavy atom. The monoisotopic (exact) mass is 338 g/mol. The van der Waals surface area contributed by atoms with Gasteiger partial charge in [-0.15, -0.1) is 0 Å². The molecule has 0 radical (unpaired) electrons. The van der Waals surface area contributed by atoms with E-state index in [1.807, 2.05) is 0 Å². The lowest BCUT2D eigenvalue weighted by Gasteiger charge is -2.05. The number of nitrogens with one attached hydrogen (secondary N) is 3. The van der Waals surface area contributed by atoms with Crippen LogP contribution in [0.1, 0.15) is 15.9 Å². The fraction of sp³-hybridized carbons (Fsp3) is 0.0556. The maximum Gasteiger partial charge on any atom is 0.316 e. The van der Waals surface area contributed by atoms with Gasteiger partial charge in [-0.1, -0.05) is 12.1 Å². The van der Waals surface area contributed by atoms with E-state index >= 15 is 0 Å². The highest BCUT2D eigenvalue weighted by atomic mass is 16.2. The Morgan fingerprint density at radius 3 is 1.96 bits per heavy atom. The summed E-state index contributed by atoms with van der Waals surface area (Å²) in [5, 5.41) is 7.67. The highest BCUT2D eigenvalue weighted by Crippen LogP contribution is 2.13. The fourth-order valence-corrected chi connectivity index (χ4v) is 2.02. The second-order valence-corrected chi connectivity index (χ2v) is 5.09. The molecule has 2 aromatic rings. The van der Waals surface area contributed by atoms with Gasteiger partial charge in [0.1, 0.15) is 0 Å². The van der Waals surface area contributed by atoms with Crippen molar-refractivity contribution in [3.05, 3.63) is 65.7 Å². The lowest BCUT2D eigenvalue weighted by Crippen LogP contribution is -2.19. The number of amides is 4. The molecule has 0 aliphatic rings. The van der Waals surface area contributed by atoms with Crippen LogP contribution in [0.5, 0.6) is 0 Å². The first kappa shape index (κ1) is 17.7. The molecule has 0 heterocycles. The van der Waals surface area contributed by atoms with Crippen molar-refractivity contribution in [3.63, 3.8) is 0 Å². The summed E-state index contributed by atoms with van der Waals surface area (Å²) in [6, 6.07) is 12.8. The van der Waals surface area contributed by atoms with Gasteiger partial charge in [0.25, 0.3) is 5.91 Å². The zero-order valence-corrected chi connectivity index (χ0v) is 13.6. The van der Waals surface area contributed by atoms with Crippen molar-refractivity contribution in [2.75, 3.05) is 17.7 Å². The molecule has 4 amide bonds. The molecular weight excluding hydrogens is 320 g/mol. The molecule has 7 heteroatoms. The van der Waals surface area contributed by atoms with Gasteiger partial charge in [0.05, 0.1) is 0 Å². The summed E-state index contributed by atoms with van der Waals surface area (Å²) in [4.78, 5) is 34.1. The smallest absolute Gasteiger partial charge is 0.316 e. The third-order valence-electron chi connectivity index (χ3n) is 3.25. The van der Waals surface area contributed by atoms with Crippen molar-refractivity contribution in [2.24, 2.45) is 5.73 Å². The molecule has 2 rings (SSSR count). The minimum Gasteiger partial charge on any atom is -0.355 e. The molecule has 0 aliphatic heterocycles. The number of anilines is 2. The standard InChI is InChI=1S/C18H18N4O3/c1-20-17(24)13-5-2-12(3-6-13)4-11-16(23)21-14-7-9-15(10-8-14)22-18(19)25/h2-11H,1H3,(H,20,24)(H,21,23)(H3,19,22,25)/b11-4+. The Kier molecular flexibility index (Phi) is 5.89. The number of rotatable bonds is 5. The van der Waals surface area contributed by atoms with E-state index in [0.29, 0.717) is 16.9 Å². The third kappa shape index (κ3) is 5.51. The molecular formula is C18H18N4O3. The van der Waals surface area contributed by atoms with Gasteiger partial charge in [-0.05, 0) is 48.0 Å². The number of urea groups is 1. The zero-order valence-electron chi connectivity index (χ0n) is 13.6. The Balaban J connectivity index is 1.94. The van der Waals surface area contributed by atoms with Gasteiger partial charge in [-0.25, -0.2) is 4.79 Å². The molecule has 0 spiro atoms. The van der Waals surface area contributed by atoms with Crippen molar-refractivity contribution in [2.45, 2.75) is 0 Å². The second-order valence-electron chi connectivity index (χ2n) is 5.09. The molecule has 7 nitrogen and oxygen atoms in total. The van der Waals surface area contributed by atoms with Crippen LogP contribution in [-0.2, 0) is 4.79 Å². The van der Waals surface area contributed by atoms with Crippen LogP contribution in [0, 0.1) is 0 Å². The van der Waals surface area contributed by atoms with E-state index < -0.39 is 6.03 Å². The van der Waals surface area contributed by atoms with Crippen LogP contribution < -0.4 is 21.7 Å². The number of hydrogen-bond acceptors (Lipinski definition) is 3. The topological polar surface area (TPSA) is 113 Å². The third-order valence-corrected chi connectivity index (χ3v) is 3.25. The number of carbonyl (C=O) groups is 3. The summed E-state index contributed by atoms with van der Waals surface area (Å²) in [6.07, 6.45) is 3.04. The maximum absolute atomic E-state index is 11.9. The number of primary amides is 1. The summed E-state index contributed by atoms with van der Waals surface area (Å²) in [5.41, 5.74) is 7.49. The molecule has 0 aliphatic carbocycles. The molecule has 128 valence electrons. The number of hydrogen-bond donors (Lipinski definition) is 4. The van der Waals surface area contributed by atoms with Gasteiger partial charge >= 0.3 is 6.03 Å². The Morgan fingerprint density at radius 1 is 0.880 bits per heavy atom. The van der Waals surface area contributed by atoms with Gasteiger partial charge in [0, 0.05) is 30.1 Å². The van der Waals surface area contributed by atoms with E-state index in [4.69, 9.17) is 5.73 Å². The van der Waals surface area contributed by atoms with E-state index in [1.54, 1.807) is 61.7 Å². The molecule has 0 saturated heterocycles. The average molecular weight is 338 g/mol. The molecule has 2 aromatic carbocycles. The minimum atomic E-state index is -0.651. The Labute approximate surface area is 144 Å². The number of benzene rings is 2. The molecule has 0 atom stereocenters. The van der Waals surface area contributed by atoms with Crippen LogP contribution in [0.4, 0.5) is 16.2 Å². The summed E-state index contributed by atoms with van der Waals surface area (Å²) in [5.74, 6) is -0.464. The van der Waals surface area contributed by atoms with Crippen LogP contribution in [0.25, 0.3) is 6.08 Å². The first-order valence-corrected chi connectivity index (χ1v) is 7.45.